The van der Waals surface area contributed by atoms with Crippen molar-refractivity contribution in [3.8, 4) is 0 Å². The lowest BCUT2D eigenvalue weighted by Gasteiger charge is -2.15. The van der Waals surface area contributed by atoms with Crippen molar-refractivity contribution >= 4 is 15.9 Å². The first-order valence-electron chi connectivity index (χ1n) is 3.90. The Balaban J connectivity index is 2.93. The Morgan fingerprint density at radius 3 is 2.62 bits per heavy atom. The van der Waals surface area contributed by atoms with E-state index in [0.29, 0.717) is 4.47 Å². The van der Waals surface area contributed by atoms with Gasteiger partial charge in [-0.05, 0) is 18.7 Å². The zero-order chi connectivity index (χ0) is 9.90. The third-order valence-corrected chi connectivity index (χ3v) is 2.20. The summed E-state index contributed by atoms with van der Waals surface area (Å²) >= 11 is 3.14. The summed E-state index contributed by atoms with van der Waals surface area (Å²) in [5.41, 5.74) is 5.11. The molecule has 4 heteroatoms. The van der Waals surface area contributed by atoms with Crippen LogP contribution in [0.15, 0.2) is 28.7 Å². The fraction of sp³-hybridized carbons (Fsp3) is 0.333. The number of alkyl halides is 2. The Labute approximate surface area is 84.1 Å². The molecule has 1 rings (SSSR count). The van der Waals surface area contributed by atoms with Crippen LogP contribution < -0.4 is 5.73 Å². The van der Waals surface area contributed by atoms with Gasteiger partial charge in [0.2, 0.25) is 0 Å². The van der Waals surface area contributed by atoms with Crippen molar-refractivity contribution in [3.05, 3.63) is 34.3 Å². The van der Waals surface area contributed by atoms with E-state index in [2.05, 4.69) is 15.9 Å². The minimum absolute atomic E-state index is 0.00678. The van der Waals surface area contributed by atoms with Crippen LogP contribution in [0, 0.1) is 0 Å². The van der Waals surface area contributed by atoms with Crippen LogP contribution in [0.2, 0.25) is 0 Å². The lowest BCUT2D eigenvalue weighted by Crippen LogP contribution is -2.18. The molecule has 0 saturated carbocycles. The standard InChI is InChI=1S/C9H10BrF2N/c10-8-3-1-2-7(6-8)9(11,12)4-5-13/h1-3,6H,4-5,13H2. The van der Waals surface area contributed by atoms with Gasteiger partial charge in [-0.25, -0.2) is 8.78 Å². The summed E-state index contributed by atoms with van der Waals surface area (Å²) in [6.45, 7) is -0.0144. The Morgan fingerprint density at radius 1 is 1.38 bits per heavy atom. The lowest BCUT2D eigenvalue weighted by atomic mass is 10.1. The minimum Gasteiger partial charge on any atom is -0.330 e. The van der Waals surface area contributed by atoms with Crippen molar-refractivity contribution in [2.24, 2.45) is 5.73 Å². The highest BCUT2D eigenvalue weighted by atomic mass is 79.9. The second-order valence-corrected chi connectivity index (χ2v) is 3.67. The summed E-state index contributed by atoms with van der Waals surface area (Å²) in [4.78, 5) is 0. The summed E-state index contributed by atoms with van der Waals surface area (Å²) in [5.74, 6) is -2.82. The minimum atomic E-state index is -2.82. The van der Waals surface area contributed by atoms with Crippen molar-refractivity contribution in [2.75, 3.05) is 6.54 Å². The molecule has 1 aromatic carbocycles. The van der Waals surface area contributed by atoms with Gasteiger partial charge in [-0.2, -0.15) is 0 Å². The predicted molar refractivity (Wildman–Crippen MR) is 51.7 cm³/mol. The number of rotatable bonds is 3. The van der Waals surface area contributed by atoms with E-state index < -0.39 is 5.92 Å². The molecule has 0 heterocycles. The number of nitrogens with two attached hydrogens (primary N) is 1. The van der Waals surface area contributed by atoms with Crippen LogP contribution in [-0.4, -0.2) is 6.54 Å². The van der Waals surface area contributed by atoms with E-state index in [4.69, 9.17) is 5.73 Å². The van der Waals surface area contributed by atoms with Crippen molar-refractivity contribution in [3.63, 3.8) is 0 Å². The summed E-state index contributed by atoms with van der Waals surface area (Å²) in [6, 6.07) is 6.11. The van der Waals surface area contributed by atoms with E-state index in [1.807, 2.05) is 0 Å². The van der Waals surface area contributed by atoms with Gasteiger partial charge >= 0.3 is 0 Å². The van der Waals surface area contributed by atoms with Gasteiger partial charge in [0.15, 0.2) is 0 Å². The van der Waals surface area contributed by atoms with Crippen LogP contribution in [0.5, 0.6) is 0 Å². The molecular formula is C9H10BrF2N. The highest BCUT2D eigenvalue weighted by Gasteiger charge is 2.30. The predicted octanol–water partition coefficient (Wildman–Crippen LogP) is 2.89. The van der Waals surface area contributed by atoms with Gasteiger partial charge in [-0.15, -0.1) is 0 Å². The van der Waals surface area contributed by atoms with E-state index in [-0.39, 0.29) is 18.5 Å². The fourth-order valence-corrected chi connectivity index (χ4v) is 1.44. The van der Waals surface area contributed by atoms with E-state index in [1.54, 1.807) is 12.1 Å². The number of halogens is 3. The molecule has 0 aliphatic rings. The Bertz CT molecular complexity index is 289. The Hall–Kier alpha value is -0.480. The van der Waals surface area contributed by atoms with Crippen LogP contribution in [0.25, 0.3) is 0 Å². The number of hydrogen-bond acceptors (Lipinski definition) is 1. The molecule has 1 nitrogen and oxygen atoms in total. The van der Waals surface area contributed by atoms with Crippen molar-refractivity contribution < 1.29 is 8.78 Å². The maximum atomic E-state index is 13.2. The van der Waals surface area contributed by atoms with Crippen LogP contribution in [-0.2, 0) is 5.92 Å². The normalized spacial score (nSPS) is 11.7. The maximum absolute atomic E-state index is 13.2. The first-order chi connectivity index (χ1) is 6.06. The average molecular weight is 250 g/mol. The molecule has 1 aromatic rings. The molecule has 2 N–H and O–H groups in total. The van der Waals surface area contributed by atoms with Crippen LogP contribution in [0.1, 0.15) is 12.0 Å². The molecule has 0 amide bonds. The molecule has 0 aliphatic carbocycles. The van der Waals surface area contributed by atoms with E-state index in [9.17, 15) is 8.78 Å². The van der Waals surface area contributed by atoms with Crippen molar-refractivity contribution in [1.29, 1.82) is 0 Å². The van der Waals surface area contributed by atoms with Gasteiger partial charge in [-0.1, -0.05) is 28.1 Å². The molecule has 0 saturated heterocycles. The Kier molecular flexibility index (Phi) is 3.39. The van der Waals surface area contributed by atoms with Gasteiger partial charge < -0.3 is 5.73 Å². The summed E-state index contributed by atoms with van der Waals surface area (Å²) in [5, 5.41) is 0. The average Bonchev–Trinajstić information content (AvgIpc) is 2.04. The first kappa shape index (κ1) is 10.6. The molecular weight excluding hydrogens is 240 g/mol. The lowest BCUT2D eigenvalue weighted by molar-refractivity contribution is -0.0107. The second kappa shape index (κ2) is 4.15. The van der Waals surface area contributed by atoms with Gasteiger partial charge in [0.05, 0.1) is 0 Å². The molecule has 0 aliphatic heterocycles. The van der Waals surface area contributed by atoms with E-state index in [0.717, 1.165) is 0 Å². The molecule has 0 spiro atoms. The quantitative estimate of drug-likeness (QED) is 0.876. The van der Waals surface area contributed by atoms with Gasteiger partial charge in [0.25, 0.3) is 5.92 Å². The first-order valence-corrected chi connectivity index (χ1v) is 4.69. The van der Waals surface area contributed by atoms with Gasteiger partial charge in [0.1, 0.15) is 0 Å². The van der Waals surface area contributed by atoms with Crippen LogP contribution in [0.3, 0.4) is 0 Å². The monoisotopic (exact) mass is 249 g/mol. The number of benzene rings is 1. The molecule has 13 heavy (non-hydrogen) atoms. The molecule has 0 atom stereocenters. The van der Waals surface area contributed by atoms with Crippen LogP contribution in [0.4, 0.5) is 8.78 Å². The number of hydrogen-bond donors (Lipinski definition) is 1. The molecule has 0 radical (unpaired) electrons. The summed E-state index contributed by atoms with van der Waals surface area (Å²) < 4.78 is 27.1. The smallest absolute Gasteiger partial charge is 0.274 e. The van der Waals surface area contributed by atoms with Gasteiger partial charge in [-0.3, -0.25) is 0 Å². The molecule has 0 unspecified atom stereocenters. The fourth-order valence-electron chi connectivity index (χ4n) is 1.04. The third kappa shape index (κ3) is 2.74. The highest BCUT2D eigenvalue weighted by molar-refractivity contribution is 9.10. The molecule has 0 fully saturated rings. The largest absolute Gasteiger partial charge is 0.330 e. The third-order valence-electron chi connectivity index (χ3n) is 1.71. The van der Waals surface area contributed by atoms with Crippen molar-refractivity contribution in [2.45, 2.75) is 12.3 Å². The van der Waals surface area contributed by atoms with Crippen LogP contribution >= 0.6 is 15.9 Å². The Morgan fingerprint density at radius 2 is 2.08 bits per heavy atom. The SMILES string of the molecule is NCCC(F)(F)c1cccc(Br)c1. The maximum Gasteiger partial charge on any atom is 0.274 e. The molecule has 72 valence electrons. The summed E-state index contributed by atoms with van der Waals surface area (Å²) in [7, 11) is 0. The van der Waals surface area contributed by atoms with Crippen molar-refractivity contribution in [1.82, 2.24) is 0 Å². The zero-order valence-corrected chi connectivity index (χ0v) is 8.52. The molecule has 0 bridgehead atoms. The van der Waals surface area contributed by atoms with Gasteiger partial charge in [0, 0.05) is 16.5 Å². The second-order valence-electron chi connectivity index (χ2n) is 2.75. The van der Waals surface area contributed by atoms with E-state index >= 15 is 0 Å². The zero-order valence-electron chi connectivity index (χ0n) is 6.93. The summed E-state index contributed by atoms with van der Waals surface area (Å²) in [6.07, 6.45) is -0.316. The molecule has 0 aromatic heterocycles. The van der Waals surface area contributed by atoms with E-state index in [1.165, 1.54) is 12.1 Å². The topological polar surface area (TPSA) is 26.0 Å². The highest BCUT2D eigenvalue weighted by Crippen LogP contribution is 2.32.